The van der Waals surface area contributed by atoms with E-state index in [1.165, 1.54) is 16.7 Å². The van der Waals surface area contributed by atoms with Crippen molar-refractivity contribution in [2.24, 2.45) is 7.05 Å². The van der Waals surface area contributed by atoms with Gasteiger partial charge in [0.05, 0.1) is 23.6 Å². The molecule has 3 heterocycles. The van der Waals surface area contributed by atoms with Crippen LogP contribution >= 0.6 is 0 Å². The molecule has 1 N–H and O–H groups in total. The minimum absolute atomic E-state index is 0.149. The molecule has 1 amide bonds. The highest BCUT2D eigenvalue weighted by Gasteiger charge is 2.20. The molecule has 8 heteroatoms. The van der Waals surface area contributed by atoms with E-state index in [2.05, 4.69) is 15.4 Å². The van der Waals surface area contributed by atoms with Crippen LogP contribution in [0, 0.1) is 19.7 Å². The lowest BCUT2D eigenvalue weighted by atomic mass is 10.0. The van der Waals surface area contributed by atoms with Crippen molar-refractivity contribution in [3.63, 3.8) is 0 Å². The van der Waals surface area contributed by atoms with Gasteiger partial charge in [-0.1, -0.05) is 12.1 Å². The summed E-state index contributed by atoms with van der Waals surface area (Å²) in [5.41, 5.74) is 3.83. The van der Waals surface area contributed by atoms with Crippen LogP contribution in [-0.2, 0) is 24.8 Å². The number of amides is 1. The number of nitrogens with zero attached hydrogens (tertiary/aromatic N) is 4. The molecule has 0 unspecified atom stereocenters. The zero-order valence-electron chi connectivity index (χ0n) is 18.2. The van der Waals surface area contributed by atoms with Gasteiger partial charge >= 0.3 is 0 Å². The standard InChI is InChI=1S/C24H24FN5O2/c1-15-20(10-11-21(31)27-14-18-8-4-5-12-26-18)24(32)29(3)23-22(15)16(2)28-30(23)19-9-6-7-17(25)13-19/h4-9,12-13H,10-11,14H2,1-3H3,(H,27,31). The van der Waals surface area contributed by atoms with Crippen molar-refractivity contribution in [3.8, 4) is 5.69 Å². The van der Waals surface area contributed by atoms with Crippen LogP contribution in [0.1, 0.15) is 28.9 Å². The van der Waals surface area contributed by atoms with Crippen molar-refractivity contribution >= 4 is 16.9 Å². The molecule has 164 valence electrons. The molecular weight excluding hydrogens is 409 g/mol. The Hall–Kier alpha value is -3.81. The third-order valence-corrected chi connectivity index (χ3v) is 5.59. The summed E-state index contributed by atoms with van der Waals surface area (Å²) < 4.78 is 16.9. The quantitative estimate of drug-likeness (QED) is 0.507. The summed E-state index contributed by atoms with van der Waals surface area (Å²) in [4.78, 5) is 29.7. The van der Waals surface area contributed by atoms with E-state index >= 15 is 0 Å². The SMILES string of the molecule is Cc1nn(-c2cccc(F)c2)c2c1c(C)c(CCC(=O)NCc1ccccn1)c(=O)n2C. The van der Waals surface area contributed by atoms with Gasteiger partial charge in [-0.05, 0) is 56.2 Å². The molecule has 0 radical (unpaired) electrons. The fraction of sp³-hybridized carbons (Fsp3) is 0.250. The van der Waals surface area contributed by atoms with Crippen LogP contribution in [-0.4, -0.2) is 25.2 Å². The predicted molar refractivity (Wildman–Crippen MR) is 120 cm³/mol. The van der Waals surface area contributed by atoms with Crippen molar-refractivity contribution in [1.29, 1.82) is 0 Å². The van der Waals surface area contributed by atoms with E-state index in [4.69, 9.17) is 0 Å². The number of aryl methyl sites for hydroxylation is 3. The Morgan fingerprint density at radius 2 is 1.97 bits per heavy atom. The average Bonchev–Trinajstić information content (AvgIpc) is 3.14. The monoisotopic (exact) mass is 433 g/mol. The molecule has 0 atom stereocenters. The molecule has 0 bridgehead atoms. The van der Waals surface area contributed by atoms with Crippen LogP contribution in [0.25, 0.3) is 16.7 Å². The van der Waals surface area contributed by atoms with Gasteiger partial charge in [-0.25, -0.2) is 9.07 Å². The maximum atomic E-state index is 13.8. The Morgan fingerprint density at radius 1 is 1.16 bits per heavy atom. The second kappa shape index (κ2) is 8.74. The second-order valence-electron chi connectivity index (χ2n) is 7.74. The number of nitrogens with one attached hydrogen (secondary N) is 1. The maximum Gasteiger partial charge on any atom is 0.255 e. The number of aromatic nitrogens is 4. The van der Waals surface area contributed by atoms with Crippen LogP contribution in [0.15, 0.2) is 53.5 Å². The molecule has 0 saturated heterocycles. The van der Waals surface area contributed by atoms with Crippen molar-refractivity contribution < 1.29 is 9.18 Å². The molecule has 7 nitrogen and oxygen atoms in total. The van der Waals surface area contributed by atoms with Crippen LogP contribution in [0.2, 0.25) is 0 Å². The third kappa shape index (κ3) is 4.03. The van der Waals surface area contributed by atoms with Gasteiger partial charge in [0.15, 0.2) is 0 Å². The van der Waals surface area contributed by atoms with Gasteiger partial charge in [0.2, 0.25) is 5.91 Å². The highest BCUT2D eigenvalue weighted by Crippen LogP contribution is 2.26. The molecule has 0 saturated carbocycles. The Morgan fingerprint density at radius 3 is 2.69 bits per heavy atom. The second-order valence-corrected chi connectivity index (χ2v) is 7.74. The largest absolute Gasteiger partial charge is 0.350 e. The van der Waals surface area contributed by atoms with E-state index in [0.717, 1.165) is 22.3 Å². The molecule has 0 fully saturated rings. The van der Waals surface area contributed by atoms with E-state index in [-0.39, 0.29) is 23.7 Å². The van der Waals surface area contributed by atoms with Crippen molar-refractivity contribution in [1.82, 2.24) is 24.6 Å². The molecule has 0 aliphatic rings. The summed E-state index contributed by atoms with van der Waals surface area (Å²) in [6.07, 6.45) is 2.18. The molecule has 0 aliphatic heterocycles. The average molecular weight is 433 g/mol. The minimum Gasteiger partial charge on any atom is -0.350 e. The van der Waals surface area contributed by atoms with Gasteiger partial charge in [0.1, 0.15) is 11.5 Å². The minimum atomic E-state index is -0.376. The van der Waals surface area contributed by atoms with Crippen LogP contribution < -0.4 is 10.9 Å². The number of carbonyl (C=O) groups is 1. The number of rotatable bonds is 6. The van der Waals surface area contributed by atoms with Gasteiger partial charge in [-0.2, -0.15) is 5.10 Å². The lowest BCUT2D eigenvalue weighted by molar-refractivity contribution is -0.121. The van der Waals surface area contributed by atoms with Gasteiger partial charge in [-0.15, -0.1) is 0 Å². The normalized spacial score (nSPS) is 11.1. The number of pyridine rings is 2. The molecule has 0 spiro atoms. The van der Waals surface area contributed by atoms with E-state index in [9.17, 15) is 14.0 Å². The van der Waals surface area contributed by atoms with E-state index in [0.29, 0.717) is 29.9 Å². The summed E-state index contributed by atoms with van der Waals surface area (Å²) in [6.45, 7) is 4.07. The van der Waals surface area contributed by atoms with Gasteiger partial charge in [0.25, 0.3) is 5.56 Å². The van der Waals surface area contributed by atoms with Crippen molar-refractivity contribution in [2.45, 2.75) is 33.2 Å². The number of fused-ring (bicyclic) bond motifs is 1. The van der Waals surface area contributed by atoms with Gasteiger partial charge in [0, 0.05) is 30.6 Å². The summed E-state index contributed by atoms with van der Waals surface area (Å²) in [7, 11) is 1.67. The Bertz CT molecular complexity index is 1360. The zero-order valence-corrected chi connectivity index (χ0v) is 18.2. The smallest absolute Gasteiger partial charge is 0.255 e. The zero-order chi connectivity index (χ0) is 22.8. The molecule has 4 rings (SSSR count). The first-order chi connectivity index (χ1) is 15.4. The Kier molecular flexibility index (Phi) is 5.85. The summed E-state index contributed by atoms with van der Waals surface area (Å²) in [5, 5.41) is 8.24. The molecule has 3 aromatic heterocycles. The number of hydrogen-bond acceptors (Lipinski definition) is 4. The van der Waals surface area contributed by atoms with Crippen molar-refractivity contribution in [2.75, 3.05) is 0 Å². The first-order valence-electron chi connectivity index (χ1n) is 10.4. The first kappa shape index (κ1) is 21.4. The summed E-state index contributed by atoms with van der Waals surface area (Å²) in [6, 6.07) is 11.6. The van der Waals surface area contributed by atoms with Crippen LogP contribution in [0.5, 0.6) is 0 Å². The number of carbonyl (C=O) groups excluding carboxylic acids is 1. The van der Waals surface area contributed by atoms with E-state index in [1.807, 2.05) is 32.0 Å². The predicted octanol–water partition coefficient (Wildman–Crippen LogP) is 3.12. The van der Waals surface area contributed by atoms with Gasteiger partial charge in [-0.3, -0.25) is 19.1 Å². The van der Waals surface area contributed by atoms with Crippen LogP contribution in [0.4, 0.5) is 4.39 Å². The molecular formula is C24H24FN5O2. The molecule has 1 aromatic carbocycles. The first-order valence-corrected chi connectivity index (χ1v) is 10.4. The number of hydrogen-bond donors (Lipinski definition) is 1. The van der Waals surface area contributed by atoms with Gasteiger partial charge < -0.3 is 5.32 Å². The summed E-state index contributed by atoms with van der Waals surface area (Å²) in [5.74, 6) is -0.525. The topological polar surface area (TPSA) is 81.8 Å². The summed E-state index contributed by atoms with van der Waals surface area (Å²) >= 11 is 0. The molecule has 0 aliphatic carbocycles. The maximum absolute atomic E-state index is 13.8. The lowest BCUT2D eigenvalue weighted by Crippen LogP contribution is -2.27. The van der Waals surface area contributed by atoms with E-state index in [1.54, 1.807) is 30.1 Å². The molecule has 32 heavy (non-hydrogen) atoms. The van der Waals surface area contributed by atoms with E-state index < -0.39 is 0 Å². The number of halogens is 1. The number of benzene rings is 1. The molecule has 4 aromatic rings. The fourth-order valence-electron chi connectivity index (χ4n) is 3.97. The van der Waals surface area contributed by atoms with Crippen LogP contribution in [0.3, 0.4) is 0 Å². The Balaban J connectivity index is 1.63. The highest BCUT2D eigenvalue weighted by atomic mass is 19.1. The Labute approximate surface area is 184 Å². The highest BCUT2D eigenvalue weighted by molar-refractivity contribution is 5.85. The lowest BCUT2D eigenvalue weighted by Gasteiger charge is -2.13. The fourth-order valence-corrected chi connectivity index (χ4v) is 3.97. The van der Waals surface area contributed by atoms with Crippen molar-refractivity contribution in [3.05, 3.63) is 87.3 Å². The third-order valence-electron chi connectivity index (χ3n) is 5.59.